The van der Waals surface area contributed by atoms with Crippen molar-refractivity contribution in [2.24, 2.45) is 0 Å². The van der Waals surface area contributed by atoms with Crippen molar-refractivity contribution in [3.8, 4) is 5.75 Å². The molecule has 1 aliphatic rings. The second kappa shape index (κ2) is 3.96. The highest BCUT2D eigenvalue weighted by Crippen LogP contribution is 2.27. The van der Waals surface area contributed by atoms with E-state index in [0.29, 0.717) is 6.10 Å². The highest BCUT2D eigenvalue weighted by Gasteiger charge is 2.20. The number of aromatic nitrogens is 1. The monoisotopic (exact) mass is 193 g/mol. The molecule has 0 aliphatic heterocycles. The van der Waals surface area contributed by atoms with Crippen molar-refractivity contribution in [3.05, 3.63) is 23.5 Å². The molecule has 3 nitrogen and oxygen atoms in total. The number of rotatable bonds is 3. The van der Waals surface area contributed by atoms with Gasteiger partial charge in [0.1, 0.15) is 5.75 Å². The van der Waals surface area contributed by atoms with Gasteiger partial charge in [0.05, 0.1) is 12.7 Å². The van der Waals surface area contributed by atoms with E-state index in [0.717, 1.165) is 29.8 Å². The summed E-state index contributed by atoms with van der Waals surface area (Å²) in [6.45, 7) is 1.92. The molecule has 2 rings (SSSR count). The van der Waals surface area contributed by atoms with Gasteiger partial charge in [0.2, 0.25) is 0 Å². The van der Waals surface area contributed by atoms with Gasteiger partial charge < -0.3 is 9.84 Å². The number of pyridine rings is 1. The van der Waals surface area contributed by atoms with Gasteiger partial charge in [-0.05, 0) is 26.2 Å². The molecule has 14 heavy (non-hydrogen) atoms. The predicted octanol–water partition coefficient (Wildman–Crippen LogP) is 1.81. The zero-order valence-electron chi connectivity index (χ0n) is 8.36. The fourth-order valence-corrected chi connectivity index (χ4v) is 1.46. The lowest BCUT2D eigenvalue weighted by Crippen LogP contribution is -2.25. The van der Waals surface area contributed by atoms with E-state index in [1.54, 1.807) is 6.20 Å². The molecule has 1 aromatic heterocycles. The Labute approximate surface area is 83.7 Å². The summed E-state index contributed by atoms with van der Waals surface area (Å²) in [5, 5.41) is 9.09. The number of nitrogens with zero attached hydrogens (tertiary/aromatic N) is 1. The molecule has 1 saturated carbocycles. The summed E-state index contributed by atoms with van der Waals surface area (Å²) in [5.74, 6) is 0.796. The minimum Gasteiger partial charge on any atom is -0.490 e. The van der Waals surface area contributed by atoms with Crippen LogP contribution in [-0.4, -0.2) is 16.2 Å². The summed E-state index contributed by atoms with van der Waals surface area (Å²) in [6.07, 6.45) is 5.55. The van der Waals surface area contributed by atoms with Crippen LogP contribution in [0, 0.1) is 6.92 Å². The fraction of sp³-hybridized carbons (Fsp3) is 0.545. The van der Waals surface area contributed by atoms with E-state index in [1.807, 2.05) is 13.0 Å². The van der Waals surface area contributed by atoms with Crippen molar-refractivity contribution in [1.82, 2.24) is 4.98 Å². The number of aliphatic hydroxyl groups is 1. The number of aliphatic hydroxyl groups excluding tert-OH is 1. The molecule has 0 unspecified atom stereocenters. The molecule has 1 aliphatic carbocycles. The van der Waals surface area contributed by atoms with Gasteiger partial charge in [0.15, 0.2) is 0 Å². The van der Waals surface area contributed by atoms with Gasteiger partial charge in [-0.2, -0.15) is 0 Å². The van der Waals surface area contributed by atoms with Crippen molar-refractivity contribution in [2.45, 2.75) is 38.9 Å². The largest absolute Gasteiger partial charge is 0.490 e. The van der Waals surface area contributed by atoms with Crippen molar-refractivity contribution in [1.29, 1.82) is 0 Å². The Hall–Kier alpha value is -1.09. The smallest absolute Gasteiger partial charge is 0.128 e. The van der Waals surface area contributed by atoms with Crippen LogP contribution in [0.15, 0.2) is 12.3 Å². The summed E-state index contributed by atoms with van der Waals surface area (Å²) in [7, 11) is 0. The molecule has 1 N–H and O–H groups in total. The quantitative estimate of drug-likeness (QED) is 0.796. The van der Waals surface area contributed by atoms with Crippen molar-refractivity contribution >= 4 is 0 Å². The Morgan fingerprint density at radius 1 is 1.57 bits per heavy atom. The van der Waals surface area contributed by atoms with Crippen LogP contribution in [0.4, 0.5) is 0 Å². The van der Waals surface area contributed by atoms with Crippen LogP contribution in [0.25, 0.3) is 0 Å². The van der Waals surface area contributed by atoms with Gasteiger partial charge in [0, 0.05) is 23.5 Å². The van der Waals surface area contributed by atoms with Crippen LogP contribution >= 0.6 is 0 Å². The van der Waals surface area contributed by atoms with Crippen LogP contribution in [0.2, 0.25) is 0 Å². The Morgan fingerprint density at radius 2 is 2.36 bits per heavy atom. The molecule has 1 fully saturated rings. The van der Waals surface area contributed by atoms with E-state index in [1.165, 1.54) is 6.42 Å². The minimum atomic E-state index is -0.00463. The summed E-state index contributed by atoms with van der Waals surface area (Å²) < 4.78 is 5.75. The van der Waals surface area contributed by atoms with Crippen LogP contribution in [0.5, 0.6) is 5.75 Å². The van der Waals surface area contributed by atoms with Gasteiger partial charge >= 0.3 is 0 Å². The van der Waals surface area contributed by atoms with Crippen molar-refractivity contribution in [3.63, 3.8) is 0 Å². The van der Waals surface area contributed by atoms with Crippen LogP contribution < -0.4 is 4.74 Å². The first-order valence-electron chi connectivity index (χ1n) is 5.02. The maximum atomic E-state index is 9.09. The fourth-order valence-electron chi connectivity index (χ4n) is 1.46. The summed E-state index contributed by atoms with van der Waals surface area (Å²) in [4.78, 5) is 4.12. The highest BCUT2D eigenvalue weighted by molar-refractivity contribution is 5.32. The van der Waals surface area contributed by atoms with Crippen molar-refractivity contribution in [2.75, 3.05) is 0 Å². The first kappa shape index (κ1) is 9.46. The first-order valence-corrected chi connectivity index (χ1v) is 5.02. The summed E-state index contributed by atoms with van der Waals surface area (Å²) in [6, 6.07) is 1.89. The predicted molar refractivity (Wildman–Crippen MR) is 53.2 cm³/mol. The van der Waals surface area contributed by atoms with E-state index < -0.39 is 0 Å². The Kier molecular flexibility index (Phi) is 2.68. The molecule has 0 atom stereocenters. The molecule has 0 amide bonds. The zero-order valence-corrected chi connectivity index (χ0v) is 8.36. The lowest BCUT2D eigenvalue weighted by atomic mass is 9.96. The van der Waals surface area contributed by atoms with Gasteiger partial charge in [-0.3, -0.25) is 4.98 Å². The molecule has 0 saturated heterocycles. The van der Waals surface area contributed by atoms with E-state index in [9.17, 15) is 0 Å². The van der Waals surface area contributed by atoms with Gasteiger partial charge in [-0.25, -0.2) is 0 Å². The molecule has 1 heterocycles. The van der Waals surface area contributed by atoms with E-state index in [2.05, 4.69) is 4.98 Å². The first-order chi connectivity index (χ1) is 6.79. The van der Waals surface area contributed by atoms with Gasteiger partial charge in [0.25, 0.3) is 0 Å². The maximum Gasteiger partial charge on any atom is 0.128 e. The molecule has 0 spiro atoms. The lowest BCUT2D eigenvalue weighted by Gasteiger charge is -2.27. The Bertz CT molecular complexity index is 321. The van der Waals surface area contributed by atoms with E-state index in [4.69, 9.17) is 9.84 Å². The lowest BCUT2D eigenvalue weighted by molar-refractivity contribution is 0.116. The summed E-state index contributed by atoms with van der Waals surface area (Å²) >= 11 is 0. The van der Waals surface area contributed by atoms with E-state index in [-0.39, 0.29) is 6.61 Å². The molecular weight excluding hydrogens is 178 g/mol. The number of hydrogen-bond acceptors (Lipinski definition) is 3. The zero-order chi connectivity index (χ0) is 9.97. The third-order valence-electron chi connectivity index (χ3n) is 2.60. The Morgan fingerprint density at radius 3 is 2.93 bits per heavy atom. The van der Waals surface area contributed by atoms with Gasteiger partial charge in [-0.1, -0.05) is 0 Å². The molecule has 0 bridgehead atoms. The standard InChI is InChI=1S/C11H15NO2/c1-8-5-11(9(7-13)6-12-8)14-10-3-2-4-10/h5-6,10,13H,2-4,7H2,1H3. The minimum absolute atomic E-state index is 0.00463. The Balaban J connectivity index is 2.15. The van der Waals surface area contributed by atoms with Crippen LogP contribution in [0.3, 0.4) is 0 Å². The molecule has 76 valence electrons. The third kappa shape index (κ3) is 1.87. The van der Waals surface area contributed by atoms with Gasteiger partial charge in [-0.15, -0.1) is 0 Å². The molecule has 3 heteroatoms. The summed E-state index contributed by atoms with van der Waals surface area (Å²) in [5.41, 5.74) is 1.71. The van der Waals surface area contributed by atoms with Crippen LogP contribution in [-0.2, 0) is 6.61 Å². The second-order valence-corrected chi connectivity index (χ2v) is 3.76. The average molecular weight is 193 g/mol. The number of aryl methyl sites for hydroxylation is 1. The van der Waals surface area contributed by atoms with Crippen LogP contribution in [0.1, 0.15) is 30.5 Å². The third-order valence-corrected chi connectivity index (χ3v) is 2.60. The van der Waals surface area contributed by atoms with Crippen molar-refractivity contribution < 1.29 is 9.84 Å². The second-order valence-electron chi connectivity index (χ2n) is 3.76. The average Bonchev–Trinajstić information content (AvgIpc) is 2.12. The highest BCUT2D eigenvalue weighted by atomic mass is 16.5. The maximum absolute atomic E-state index is 9.09. The molecule has 1 aromatic rings. The van der Waals surface area contributed by atoms with E-state index >= 15 is 0 Å². The topological polar surface area (TPSA) is 42.4 Å². The molecule has 0 aromatic carbocycles. The number of ether oxygens (including phenoxy) is 1. The molecule has 0 radical (unpaired) electrons. The normalized spacial score (nSPS) is 16.4. The SMILES string of the molecule is Cc1cc(OC2CCC2)c(CO)cn1. The molecular formula is C11H15NO2. The number of hydrogen-bond donors (Lipinski definition) is 1.